The molecule has 0 spiro atoms. The largest absolute Gasteiger partial charge is 0.404 e. The van der Waals surface area contributed by atoms with E-state index in [4.69, 9.17) is 16.9 Å². The van der Waals surface area contributed by atoms with E-state index in [-0.39, 0.29) is 18.0 Å². The first-order valence-electron chi connectivity index (χ1n) is 12.6. The van der Waals surface area contributed by atoms with Gasteiger partial charge in [0, 0.05) is 62.9 Å². The van der Waals surface area contributed by atoms with Crippen LogP contribution >= 0.6 is 0 Å². The summed E-state index contributed by atoms with van der Waals surface area (Å²) in [4.78, 5) is 21.0. The lowest BCUT2D eigenvalue weighted by Gasteiger charge is -2.33. The second-order valence-corrected chi connectivity index (χ2v) is 9.50. The van der Waals surface area contributed by atoms with Gasteiger partial charge in [-0.3, -0.25) is 9.78 Å². The Kier molecular flexibility index (Phi) is 9.55. The van der Waals surface area contributed by atoms with Gasteiger partial charge in [-0.15, -0.1) is 0 Å². The normalized spacial score (nSPS) is 18.8. The molecule has 2 aliphatic rings. The third kappa shape index (κ3) is 6.90. The van der Waals surface area contributed by atoms with Gasteiger partial charge in [0.2, 0.25) is 5.91 Å². The summed E-state index contributed by atoms with van der Waals surface area (Å²) in [6, 6.07) is 2.01. The Morgan fingerprint density at radius 3 is 2.72 bits per heavy atom. The number of allylic oxidation sites excluding steroid dienone is 3. The molecule has 0 aliphatic carbocycles. The van der Waals surface area contributed by atoms with Crippen LogP contribution in [0, 0.1) is 11.3 Å². The summed E-state index contributed by atoms with van der Waals surface area (Å²) >= 11 is 0. The first kappa shape index (κ1) is 26.8. The van der Waals surface area contributed by atoms with Crippen LogP contribution in [-0.2, 0) is 4.79 Å². The highest BCUT2D eigenvalue weighted by Gasteiger charge is 2.21. The first-order chi connectivity index (χ1) is 17.3. The predicted molar refractivity (Wildman–Crippen MR) is 148 cm³/mol. The molecule has 2 aliphatic heterocycles. The number of piperidine rings is 1. The smallest absolute Gasteiger partial charge is 0.224 e. The highest BCUT2D eigenvalue weighted by molar-refractivity contribution is 6.08. The zero-order valence-electron chi connectivity index (χ0n) is 21.6. The van der Waals surface area contributed by atoms with E-state index in [0.717, 1.165) is 48.4 Å². The van der Waals surface area contributed by atoms with Crippen molar-refractivity contribution >= 4 is 29.5 Å². The van der Waals surface area contributed by atoms with E-state index < -0.39 is 0 Å². The van der Waals surface area contributed by atoms with Gasteiger partial charge in [0.1, 0.15) is 6.17 Å². The van der Waals surface area contributed by atoms with Crippen LogP contribution in [0.4, 0.5) is 5.69 Å². The van der Waals surface area contributed by atoms with Crippen LogP contribution in [0.25, 0.3) is 11.6 Å². The lowest BCUT2D eigenvalue weighted by molar-refractivity contribution is -0.131. The van der Waals surface area contributed by atoms with Gasteiger partial charge in [0.05, 0.1) is 17.2 Å². The predicted octanol–water partition coefficient (Wildman–Crippen LogP) is 2.74. The maximum Gasteiger partial charge on any atom is 0.224 e. The van der Waals surface area contributed by atoms with Crippen LogP contribution < -0.4 is 27.0 Å². The number of nitrogens with zero attached hydrogens (tertiary/aromatic N) is 3. The van der Waals surface area contributed by atoms with Crippen molar-refractivity contribution in [2.75, 3.05) is 31.6 Å². The topological polar surface area (TPSA) is 136 Å². The highest BCUT2D eigenvalue weighted by atomic mass is 16.2. The molecule has 9 nitrogen and oxygen atoms in total. The molecule has 0 aromatic carbocycles. The van der Waals surface area contributed by atoms with E-state index in [0.29, 0.717) is 24.4 Å². The maximum absolute atomic E-state index is 12.4. The Morgan fingerprint density at radius 2 is 2.06 bits per heavy atom. The molecular formula is C27H40N8O. The van der Waals surface area contributed by atoms with E-state index in [2.05, 4.69) is 34.4 Å². The summed E-state index contributed by atoms with van der Waals surface area (Å²) in [5.74, 6) is 0.980. The van der Waals surface area contributed by atoms with Gasteiger partial charge >= 0.3 is 0 Å². The number of hydrogen-bond acceptors (Lipinski definition) is 8. The molecule has 1 aromatic heterocycles. The molecule has 1 atom stereocenters. The Morgan fingerprint density at radius 1 is 1.31 bits per heavy atom. The van der Waals surface area contributed by atoms with Crippen molar-refractivity contribution in [3.05, 3.63) is 59.5 Å². The van der Waals surface area contributed by atoms with E-state index >= 15 is 0 Å². The lowest BCUT2D eigenvalue weighted by Crippen LogP contribution is -2.45. The summed E-state index contributed by atoms with van der Waals surface area (Å²) in [7, 11) is 1.97. The number of nitrogens with one attached hydrogen (secondary N) is 3. The minimum atomic E-state index is -0.164. The Bertz CT molecular complexity index is 1050. The van der Waals surface area contributed by atoms with Crippen molar-refractivity contribution < 1.29 is 4.79 Å². The minimum absolute atomic E-state index is 0.164. The van der Waals surface area contributed by atoms with E-state index in [1.54, 1.807) is 18.6 Å². The molecular weight excluding hydrogens is 452 g/mol. The van der Waals surface area contributed by atoms with Crippen LogP contribution in [0.1, 0.15) is 50.8 Å². The lowest BCUT2D eigenvalue weighted by atomic mass is 10.0. The number of fused-ring (bicyclic) bond motifs is 1. The fraction of sp³-hybridized carbons (Fsp3) is 0.444. The Hall–Kier alpha value is -3.75. The molecule has 1 unspecified atom stereocenters. The molecule has 36 heavy (non-hydrogen) atoms. The number of nitrogens with two attached hydrogens (primary N) is 2. The van der Waals surface area contributed by atoms with E-state index in [1.165, 1.54) is 12.6 Å². The second-order valence-electron chi connectivity index (χ2n) is 9.50. The van der Waals surface area contributed by atoms with Crippen LogP contribution in [0.2, 0.25) is 0 Å². The van der Waals surface area contributed by atoms with Crippen LogP contribution in [-0.4, -0.2) is 54.9 Å². The zero-order valence-corrected chi connectivity index (χ0v) is 21.6. The quantitative estimate of drug-likeness (QED) is 0.192. The monoisotopic (exact) mass is 492 g/mol. The Labute approximate surface area is 214 Å². The summed E-state index contributed by atoms with van der Waals surface area (Å²) < 4.78 is 0. The summed E-state index contributed by atoms with van der Waals surface area (Å²) in [5, 5.41) is 14.4. The van der Waals surface area contributed by atoms with Gasteiger partial charge in [-0.25, -0.2) is 0 Å². The fourth-order valence-corrected chi connectivity index (χ4v) is 4.31. The first-order valence-corrected chi connectivity index (χ1v) is 12.6. The van der Waals surface area contributed by atoms with Crippen molar-refractivity contribution in [1.29, 1.82) is 5.41 Å². The third-order valence-electron chi connectivity index (χ3n) is 6.57. The fourth-order valence-electron chi connectivity index (χ4n) is 4.31. The van der Waals surface area contributed by atoms with Crippen LogP contribution in [0.5, 0.6) is 0 Å². The average Bonchev–Trinajstić information content (AvgIpc) is 2.89. The molecule has 194 valence electrons. The summed E-state index contributed by atoms with van der Waals surface area (Å²) in [5.41, 5.74) is 16.2. The van der Waals surface area contributed by atoms with Crippen molar-refractivity contribution in [3.63, 3.8) is 0 Å². The standard InChI is InChI=1S/C27H40N8O/c1-19(2)20(15-28)14-25(30)33-26-8-7-23-24(34(26)3)13-21(18-32-23)22(16-29)17-31-10-9-27(36)35-11-5-4-6-12-35/h7-8,13-19,26,29,31,33H,4-6,9-12,28,30H2,1-3H3/b20-15+,22-17+,25-14+,29-16?. The number of pyridine rings is 1. The molecule has 3 rings (SSSR count). The number of likely N-dealkylation sites (tertiary alicyclic amines) is 1. The van der Waals surface area contributed by atoms with E-state index in [1.807, 2.05) is 36.2 Å². The van der Waals surface area contributed by atoms with Crippen molar-refractivity contribution in [2.45, 2.75) is 45.7 Å². The molecule has 1 aromatic rings. The summed E-state index contributed by atoms with van der Waals surface area (Å²) in [6.07, 6.45) is 15.9. The number of hydrogen-bond donors (Lipinski definition) is 5. The maximum atomic E-state index is 12.4. The molecule has 7 N–H and O–H groups in total. The van der Waals surface area contributed by atoms with Gasteiger partial charge < -0.3 is 37.3 Å². The molecule has 1 fully saturated rings. The molecule has 3 heterocycles. The van der Waals surface area contributed by atoms with Crippen molar-refractivity contribution in [1.82, 2.24) is 20.5 Å². The summed E-state index contributed by atoms with van der Waals surface area (Å²) in [6.45, 7) is 6.38. The number of anilines is 1. The highest BCUT2D eigenvalue weighted by Crippen LogP contribution is 2.28. The van der Waals surface area contributed by atoms with Gasteiger partial charge in [-0.2, -0.15) is 0 Å². The van der Waals surface area contributed by atoms with Gasteiger partial charge in [-0.1, -0.05) is 13.8 Å². The minimum Gasteiger partial charge on any atom is -0.404 e. The molecule has 0 bridgehead atoms. The number of amides is 1. The second kappa shape index (κ2) is 12.8. The molecule has 0 radical (unpaired) electrons. The zero-order chi connectivity index (χ0) is 26.1. The molecule has 1 saturated heterocycles. The van der Waals surface area contributed by atoms with Crippen LogP contribution in [0.15, 0.2) is 48.2 Å². The van der Waals surface area contributed by atoms with Gasteiger partial charge in [0.25, 0.3) is 0 Å². The molecule has 9 heteroatoms. The average molecular weight is 493 g/mol. The van der Waals surface area contributed by atoms with Gasteiger partial charge in [-0.05, 0) is 61.2 Å². The van der Waals surface area contributed by atoms with E-state index in [9.17, 15) is 4.79 Å². The molecule has 0 saturated carbocycles. The SMILES string of the molecule is CC(C)C(=C/N)/C=C(\N)NC1C=Cc2ncc(/C(C=N)=C/NCCC(=O)N3CCCCC3)cc2N1C. The van der Waals surface area contributed by atoms with Crippen LogP contribution in [0.3, 0.4) is 0 Å². The number of carbonyl (C=O) groups is 1. The number of aromatic nitrogens is 1. The van der Waals surface area contributed by atoms with Crippen molar-refractivity contribution in [3.8, 4) is 0 Å². The van der Waals surface area contributed by atoms with Crippen molar-refractivity contribution in [2.24, 2.45) is 17.4 Å². The van der Waals surface area contributed by atoms with Gasteiger partial charge in [0.15, 0.2) is 0 Å². The Balaban J connectivity index is 1.65. The third-order valence-corrected chi connectivity index (χ3v) is 6.57. The number of likely N-dealkylation sites (N-methyl/N-ethyl adjacent to an activating group) is 1. The number of rotatable bonds is 10. The number of carbonyl (C=O) groups excluding carboxylic acids is 1. The molecule has 1 amide bonds.